The summed E-state index contributed by atoms with van der Waals surface area (Å²) in [7, 11) is -3.70. The summed E-state index contributed by atoms with van der Waals surface area (Å²) in [6, 6.07) is 3.54. The first kappa shape index (κ1) is 13.4. The van der Waals surface area contributed by atoms with Crippen molar-refractivity contribution in [3.05, 3.63) is 22.3 Å². The van der Waals surface area contributed by atoms with Gasteiger partial charge in [0.25, 0.3) is 0 Å². The van der Waals surface area contributed by atoms with Crippen LogP contribution in [0, 0.1) is 6.92 Å². The van der Waals surface area contributed by atoms with Crippen molar-refractivity contribution in [2.24, 2.45) is 5.14 Å². The van der Waals surface area contributed by atoms with Gasteiger partial charge in [-0.3, -0.25) is 9.69 Å². The van der Waals surface area contributed by atoms with Crippen molar-refractivity contribution >= 4 is 37.7 Å². The van der Waals surface area contributed by atoms with Gasteiger partial charge in [-0.1, -0.05) is 0 Å². The first-order valence-corrected chi connectivity index (χ1v) is 7.64. The van der Waals surface area contributed by atoms with Crippen LogP contribution in [0.15, 0.2) is 16.7 Å². The number of primary sulfonamides is 1. The molecule has 0 spiro atoms. The van der Waals surface area contributed by atoms with Crippen LogP contribution in [0.5, 0.6) is 0 Å². The number of halogens is 1. The van der Waals surface area contributed by atoms with Gasteiger partial charge >= 0.3 is 0 Å². The van der Waals surface area contributed by atoms with Gasteiger partial charge in [0.05, 0.1) is 0 Å². The smallest absolute Gasteiger partial charge is 0.229 e. The second-order valence-electron chi connectivity index (χ2n) is 4.24. The lowest BCUT2D eigenvalue weighted by Crippen LogP contribution is -2.32. The van der Waals surface area contributed by atoms with E-state index in [-0.39, 0.29) is 18.9 Å². The highest BCUT2D eigenvalue weighted by atomic mass is 79.9. The second kappa shape index (κ2) is 4.60. The third kappa shape index (κ3) is 2.70. The summed E-state index contributed by atoms with van der Waals surface area (Å²) in [6.45, 7) is 1.92. The zero-order valence-corrected chi connectivity index (χ0v) is 12.0. The number of anilines is 1. The number of amides is 1. The Morgan fingerprint density at radius 2 is 2.17 bits per heavy atom. The molecule has 98 valence electrons. The minimum absolute atomic E-state index is 0.0561. The van der Waals surface area contributed by atoms with E-state index < -0.39 is 15.3 Å². The summed E-state index contributed by atoms with van der Waals surface area (Å²) in [5.74, 6) is 0.164. The lowest BCUT2D eigenvalue weighted by Gasteiger charge is -2.16. The van der Waals surface area contributed by atoms with Crippen LogP contribution in [-0.2, 0) is 14.8 Å². The van der Waals surface area contributed by atoms with Crippen LogP contribution in [0.25, 0.3) is 0 Å². The maximum absolute atomic E-state index is 11.8. The zero-order valence-electron chi connectivity index (χ0n) is 9.63. The predicted molar refractivity (Wildman–Crippen MR) is 70.5 cm³/mol. The Balaban J connectivity index is 2.32. The number of aromatic nitrogens is 1. The molecule has 1 amide bonds. The summed E-state index contributed by atoms with van der Waals surface area (Å²) >= 11 is 3.24. The molecular formula is C10H12BrN3O3S. The Hall–Kier alpha value is -0.990. The molecule has 2 rings (SSSR count). The average molecular weight is 334 g/mol. The third-order valence-corrected chi connectivity index (χ3v) is 4.41. The Labute approximate surface area is 113 Å². The quantitative estimate of drug-likeness (QED) is 0.799. The topological polar surface area (TPSA) is 93.4 Å². The molecule has 1 aliphatic heterocycles. The first-order chi connectivity index (χ1) is 8.27. The van der Waals surface area contributed by atoms with Crippen molar-refractivity contribution in [1.82, 2.24) is 4.98 Å². The predicted octanol–water partition coefficient (Wildman–Crippen LogP) is 0.546. The van der Waals surface area contributed by atoms with E-state index >= 15 is 0 Å². The molecule has 6 nitrogen and oxygen atoms in total. The number of hydrogen-bond donors (Lipinski definition) is 1. The van der Waals surface area contributed by atoms with Gasteiger partial charge in [0.15, 0.2) is 0 Å². The van der Waals surface area contributed by atoms with E-state index in [0.29, 0.717) is 10.4 Å². The third-order valence-electron chi connectivity index (χ3n) is 2.76. The standard InChI is InChI=1S/C10H12BrN3O3S/c1-6-2-8(11)13-9(3-6)14-5-7(4-10(14)15)18(12,16)17/h2-3,7H,4-5H2,1H3,(H2,12,16,17). The molecule has 1 aliphatic rings. The van der Waals surface area contributed by atoms with Crippen molar-refractivity contribution in [3.8, 4) is 0 Å². The van der Waals surface area contributed by atoms with Crippen LogP contribution in [0.2, 0.25) is 0 Å². The van der Waals surface area contributed by atoms with E-state index in [4.69, 9.17) is 5.14 Å². The highest BCUT2D eigenvalue weighted by Crippen LogP contribution is 2.25. The number of rotatable bonds is 2. The lowest BCUT2D eigenvalue weighted by atomic mass is 10.3. The van der Waals surface area contributed by atoms with E-state index in [1.807, 2.05) is 6.92 Å². The fourth-order valence-electron chi connectivity index (χ4n) is 1.86. The number of hydrogen-bond acceptors (Lipinski definition) is 4. The molecule has 0 aromatic carbocycles. The molecule has 1 atom stereocenters. The number of nitrogens with zero attached hydrogens (tertiary/aromatic N) is 2. The maximum Gasteiger partial charge on any atom is 0.229 e. The lowest BCUT2D eigenvalue weighted by molar-refractivity contribution is -0.117. The number of aryl methyl sites for hydroxylation is 1. The van der Waals surface area contributed by atoms with Gasteiger partial charge in [-0.25, -0.2) is 18.5 Å². The summed E-state index contributed by atoms with van der Waals surface area (Å²) in [5, 5.41) is 4.21. The Bertz CT molecular complexity index is 582. The molecule has 2 heterocycles. The number of sulfonamides is 1. The van der Waals surface area contributed by atoms with E-state index in [1.54, 1.807) is 12.1 Å². The largest absolute Gasteiger partial charge is 0.295 e. The molecule has 0 bridgehead atoms. The van der Waals surface area contributed by atoms with Gasteiger partial charge in [0, 0.05) is 13.0 Å². The minimum Gasteiger partial charge on any atom is -0.295 e. The van der Waals surface area contributed by atoms with Crippen LogP contribution in [-0.4, -0.2) is 31.1 Å². The average Bonchev–Trinajstić information content (AvgIpc) is 2.58. The molecule has 1 aromatic rings. The van der Waals surface area contributed by atoms with E-state index in [9.17, 15) is 13.2 Å². The van der Waals surface area contributed by atoms with Gasteiger partial charge in [-0.05, 0) is 40.5 Å². The van der Waals surface area contributed by atoms with Crippen LogP contribution in [0.4, 0.5) is 5.82 Å². The molecule has 1 aromatic heterocycles. The summed E-state index contributed by atoms with van der Waals surface area (Å²) in [6.07, 6.45) is -0.0912. The molecule has 1 saturated heterocycles. The molecule has 2 N–H and O–H groups in total. The van der Waals surface area contributed by atoms with Gasteiger partial charge < -0.3 is 0 Å². The highest BCUT2D eigenvalue weighted by Gasteiger charge is 2.37. The summed E-state index contributed by atoms with van der Waals surface area (Å²) < 4.78 is 23.1. The second-order valence-corrected chi connectivity index (χ2v) is 6.90. The molecule has 18 heavy (non-hydrogen) atoms. The van der Waals surface area contributed by atoms with Gasteiger partial charge in [-0.15, -0.1) is 0 Å². The Kier molecular flexibility index (Phi) is 3.43. The number of carbonyl (C=O) groups is 1. The maximum atomic E-state index is 11.8. The number of nitrogens with two attached hydrogens (primary N) is 1. The van der Waals surface area contributed by atoms with E-state index in [0.717, 1.165) is 5.56 Å². The zero-order chi connectivity index (χ0) is 13.5. The van der Waals surface area contributed by atoms with E-state index in [2.05, 4.69) is 20.9 Å². The fraction of sp³-hybridized carbons (Fsp3) is 0.400. The van der Waals surface area contributed by atoms with Crippen LogP contribution < -0.4 is 10.0 Å². The van der Waals surface area contributed by atoms with E-state index in [1.165, 1.54) is 4.90 Å². The fourth-order valence-corrected chi connectivity index (χ4v) is 3.14. The monoisotopic (exact) mass is 333 g/mol. The van der Waals surface area contributed by atoms with Crippen molar-refractivity contribution in [3.63, 3.8) is 0 Å². The Morgan fingerprint density at radius 1 is 1.50 bits per heavy atom. The van der Waals surface area contributed by atoms with Gasteiger partial charge in [-0.2, -0.15) is 0 Å². The van der Waals surface area contributed by atoms with Crippen molar-refractivity contribution < 1.29 is 13.2 Å². The van der Waals surface area contributed by atoms with Gasteiger partial charge in [0.1, 0.15) is 15.7 Å². The van der Waals surface area contributed by atoms with Crippen LogP contribution in [0.1, 0.15) is 12.0 Å². The Morgan fingerprint density at radius 3 is 2.67 bits per heavy atom. The van der Waals surface area contributed by atoms with Crippen molar-refractivity contribution in [2.45, 2.75) is 18.6 Å². The molecule has 1 unspecified atom stereocenters. The number of pyridine rings is 1. The normalized spacial score (nSPS) is 20.5. The molecule has 0 aliphatic carbocycles. The van der Waals surface area contributed by atoms with Crippen molar-refractivity contribution in [1.29, 1.82) is 0 Å². The van der Waals surface area contributed by atoms with Gasteiger partial charge in [0.2, 0.25) is 15.9 Å². The molecule has 0 saturated carbocycles. The SMILES string of the molecule is Cc1cc(Br)nc(N2CC(S(N)(=O)=O)CC2=O)c1. The summed E-state index contributed by atoms with van der Waals surface area (Å²) in [4.78, 5) is 17.3. The van der Waals surface area contributed by atoms with Crippen LogP contribution in [0.3, 0.4) is 0 Å². The molecule has 1 fully saturated rings. The molecule has 0 radical (unpaired) electrons. The highest BCUT2D eigenvalue weighted by molar-refractivity contribution is 9.10. The molecular weight excluding hydrogens is 322 g/mol. The molecule has 8 heteroatoms. The van der Waals surface area contributed by atoms with Crippen LogP contribution >= 0.6 is 15.9 Å². The summed E-state index contributed by atoms with van der Waals surface area (Å²) in [5.41, 5.74) is 0.929. The number of carbonyl (C=O) groups excluding carboxylic acids is 1. The minimum atomic E-state index is -3.70. The van der Waals surface area contributed by atoms with Crippen molar-refractivity contribution in [2.75, 3.05) is 11.4 Å². The first-order valence-electron chi connectivity index (χ1n) is 5.23.